The maximum Gasteiger partial charge on any atom is 0.243 e. The van der Waals surface area contributed by atoms with E-state index < -0.39 is 10.0 Å². The average Bonchev–Trinajstić information content (AvgIpc) is 3.32. The van der Waals surface area contributed by atoms with Crippen molar-refractivity contribution in [3.05, 3.63) is 65.7 Å². The van der Waals surface area contributed by atoms with E-state index in [1.807, 2.05) is 61.2 Å². The van der Waals surface area contributed by atoms with Gasteiger partial charge in [0.15, 0.2) is 0 Å². The summed E-state index contributed by atoms with van der Waals surface area (Å²) in [6.45, 7) is 6.49. The van der Waals surface area contributed by atoms with Crippen LogP contribution < -0.4 is 0 Å². The van der Waals surface area contributed by atoms with Crippen LogP contribution in [0.25, 0.3) is 0 Å². The number of ether oxygens (including phenoxy) is 1. The molecule has 1 fully saturated rings. The van der Waals surface area contributed by atoms with Crippen molar-refractivity contribution in [1.29, 1.82) is 0 Å². The van der Waals surface area contributed by atoms with Crippen molar-refractivity contribution in [2.75, 3.05) is 26.2 Å². The molecule has 0 N–H and O–H groups in total. The molecule has 1 unspecified atom stereocenters. The van der Waals surface area contributed by atoms with E-state index in [1.54, 1.807) is 12.1 Å². The molecule has 1 aliphatic rings. The van der Waals surface area contributed by atoms with Crippen LogP contribution in [0.15, 0.2) is 59.5 Å². The molecule has 1 amide bonds. The van der Waals surface area contributed by atoms with Gasteiger partial charge >= 0.3 is 0 Å². The summed E-state index contributed by atoms with van der Waals surface area (Å²) in [5, 5.41) is 0. The second kappa shape index (κ2) is 11.6. The number of aryl methyl sites for hydroxylation is 1. The van der Waals surface area contributed by atoms with Crippen LogP contribution in [0, 0.1) is 0 Å². The molecule has 0 saturated carbocycles. The molecule has 2 aromatic rings. The van der Waals surface area contributed by atoms with E-state index in [0.29, 0.717) is 43.9 Å². The molecule has 1 aliphatic heterocycles. The number of sulfonamides is 1. The predicted octanol–water partition coefficient (Wildman–Crippen LogP) is 3.86. The van der Waals surface area contributed by atoms with Crippen molar-refractivity contribution in [3.8, 4) is 0 Å². The maximum absolute atomic E-state index is 13.1. The normalized spacial score (nSPS) is 16.4. The van der Waals surface area contributed by atoms with Crippen LogP contribution >= 0.6 is 0 Å². The smallest absolute Gasteiger partial charge is 0.243 e. The summed E-state index contributed by atoms with van der Waals surface area (Å²) < 4.78 is 32.5. The number of benzene rings is 2. The van der Waals surface area contributed by atoms with Crippen molar-refractivity contribution in [2.24, 2.45) is 0 Å². The van der Waals surface area contributed by atoms with Gasteiger partial charge in [-0.3, -0.25) is 4.79 Å². The molecule has 1 saturated heterocycles. The Labute approximate surface area is 192 Å². The summed E-state index contributed by atoms with van der Waals surface area (Å²) in [7, 11) is -3.47. The number of hydrogen-bond acceptors (Lipinski definition) is 4. The van der Waals surface area contributed by atoms with E-state index >= 15 is 0 Å². The fraction of sp³-hybridized carbons (Fsp3) is 0.480. The fourth-order valence-corrected chi connectivity index (χ4v) is 5.50. The van der Waals surface area contributed by atoms with Gasteiger partial charge in [-0.1, -0.05) is 56.3 Å². The SMILES string of the molecule is CCN(CC)S(=O)(=O)c1ccc(CCC(=O)N(Cc2ccccc2)CC2CCCO2)cc1. The Hall–Kier alpha value is -2.22. The summed E-state index contributed by atoms with van der Waals surface area (Å²) in [6.07, 6.45) is 3.08. The summed E-state index contributed by atoms with van der Waals surface area (Å²) in [5.41, 5.74) is 2.05. The standard InChI is InChI=1S/C25H34N2O4S/c1-3-27(4-2)32(29,30)24-15-12-21(13-16-24)14-17-25(28)26(20-23-11-8-18-31-23)19-22-9-6-5-7-10-22/h5-7,9-10,12-13,15-16,23H,3-4,8,11,14,17-20H2,1-2H3. The Morgan fingerprint density at radius 1 is 1.00 bits per heavy atom. The number of nitrogens with zero attached hydrogens (tertiary/aromatic N) is 2. The highest BCUT2D eigenvalue weighted by atomic mass is 32.2. The van der Waals surface area contributed by atoms with E-state index in [4.69, 9.17) is 4.74 Å². The molecular formula is C25H34N2O4S. The second-order valence-electron chi connectivity index (χ2n) is 8.13. The van der Waals surface area contributed by atoms with E-state index in [2.05, 4.69) is 0 Å². The molecule has 0 spiro atoms. The van der Waals surface area contributed by atoms with Gasteiger partial charge in [-0.2, -0.15) is 4.31 Å². The number of carbonyl (C=O) groups is 1. The highest BCUT2D eigenvalue weighted by Gasteiger charge is 2.23. The Morgan fingerprint density at radius 3 is 2.28 bits per heavy atom. The molecule has 0 bridgehead atoms. The monoisotopic (exact) mass is 458 g/mol. The molecule has 0 aliphatic carbocycles. The first-order valence-electron chi connectivity index (χ1n) is 11.5. The highest BCUT2D eigenvalue weighted by molar-refractivity contribution is 7.89. The van der Waals surface area contributed by atoms with Gasteiger partial charge in [-0.05, 0) is 42.5 Å². The molecule has 2 aromatic carbocycles. The van der Waals surface area contributed by atoms with Crippen LogP contribution in [-0.4, -0.2) is 55.9 Å². The van der Waals surface area contributed by atoms with Crippen LogP contribution in [0.4, 0.5) is 0 Å². The lowest BCUT2D eigenvalue weighted by atomic mass is 10.1. The zero-order valence-corrected chi connectivity index (χ0v) is 19.9. The van der Waals surface area contributed by atoms with Crippen molar-refractivity contribution in [1.82, 2.24) is 9.21 Å². The van der Waals surface area contributed by atoms with Crippen molar-refractivity contribution < 1.29 is 17.9 Å². The minimum Gasteiger partial charge on any atom is -0.376 e. The van der Waals surface area contributed by atoms with Crippen molar-refractivity contribution in [3.63, 3.8) is 0 Å². The third kappa shape index (κ3) is 6.40. The molecule has 1 heterocycles. The van der Waals surface area contributed by atoms with E-state index in [-0.39, 0.29) is 12.0 Å². The Morgan fingerprint density at radius 2 is 1.69 bits per heavy atom. The van der Waals surface area contributed by atoms with Gasteiger partial charge < -0.3 is 9.64 Å². The third-order valence-corrected chi connectivity index (χ3v) is 7.98. The first kappa shape index (κ1) is 24.4. The second-order valence-corrected chi connectivity index (χ2v) is 10.1. The minimum atomic E-state index is -3.47. The van der Waals surface area contributed by atoms with Crippen LogP contribution in [-0.2, 0) is 32.5 Å². The van der Waals surface area contributed by atoms with E-state index in [1.165, 1.54) is 4.31 Å². The maximum atomic E-state index is 13.1. The number of rotatable bonds is 11. The lowest BCUT2D eigenvalue weighted by Crippen LogP contribution is -2.37. The average molecular weight is 459 g/mol. The Balaban J connectivity index is 1.63. The zero-order valence-electron chi connectivity index (χ0n) is 19.1. The molecule has 0 radical (unpaired) electrons. The van der Waals surface area contributed by atoms with E-state index in [9.17, 15) is 13.2 Å². The summed E-state index contributed by atoms with van der Waals surface area (Å²) in [5.74, 6) is 0.0872. The summed E-state index contributed by atoms with van der Waals surface area (Å²) in [4.78, 5) is 15.3. The van der Waals surface area contributed by atoms with Crippen LogP contribution in [0.2, 0.25) is 0 Å². The first-order valence-corrected chi connectivity index (χ1v) is 12.9. The lowest BCUT2D eigenvalue weighted by molar-refractivity contribution is -0.133. The molecule has 6 nitrogen and oxygen atoms in total. The van der Waals surface area contributed by atoms with Gasteiger partial charge in [0.2, 0.25) is 15.9 Å². The van der Waals surface area contributed by atoms with Crippen LogP contribution in [0.3, 0.4) is 0 Å². The van der Waals surface area contributed by atoms with Gasteiger partial charge in [0.1, 0.15) is 0 Å². The molecular weight excluding hydrogens is 424 g/mol. The zero-order chi connectivity index (χ0) is 23.0. The summed E-state index contributed by atoms with van der Waals surface area (Å²) in [6, 6.07) is 16.9. The topological polar surface area (TPSA) is 66.9 Å². The van der Waals surface area contributed by atoms with Gasteiger partial charge in [0.25, 0.3) is 0 Å². The number of carbonyl (C=O) groups excluding carboxylic acids is 1. The summed E-state index contributed by atoms with van der Waals surface area (Å²) >= 11 is 0. The molecule has 0 aromatic heterocycles. The van der Waals surface area contributed by atoms with Crippen LogP contribution in [0.1, 0.15) is 44.2 Å². The third-order valence-electron chi connectivity index (χ3n) is 5.91. The molecule has 7 heteroatoms. The van der Waals surface area contributed by atoms with Gasteiger partial charge in [-0.25, -0.2) is 8.42 Å². The largest absolute Gasteiger partial charge is 0.376 e. The predicted molar refractivity (Wildman–Crippen MR) is 126 cm³/mol. The Kier molecular flexibility index (Phi) is 8.84. The quantitative estimate of drug-likeness (QED) is 0.513. The molecule has 32 heavy (non-hydrogen) atoms. The molecule has 174 valence electrons. The fourth-order valence-electron chi connectivity index (χ4n) is 4.04. The van der Waals surface area contributed by atoms with Crippen LogP contribution in [0.5, 0.6) is 0 Å². The number of amides is 1. The first-order chi connectivity index (χ1) is 15.4. The lowest BCUT2D eigenvalue weighted by Gasteiger charge is -2.26. The highest BCUT2D eigenvalue weighted by Crippen LogP contribution is 2.19. The van der Waals surface area contributed by atoms with Crippen molar-refractivity contribution in [2.45, 2.75) is 57.1 Å². The van der Waals surface area contributed by atoms with Gasteiger partial charge in [0, 0.05) is 39.2 Å². The molecule has 1 atom stereocenters. The minimum absolute atomic E-state index is 0.0872. The van der Waals surface area contributed by atoms with Crippen molar-refractivity contribution >= 4 is 15.9 Å². The Bertz CT molecular complexity index is 951. The molecule has 3 rings (SSSR count). The van der Waals surface area contributed by atoms with E-state index in [0.717, 1.165) is 30.6 Å². The van der Waals surface area contributed by atoms with Gasteiger partial charge in [-0.15, -0.1) is 0 Å². The van der Waals surface area contributed by atoms with Gasteiger partial charge in [0.05, 0.1) is 11.0 Å². The number of hydrogen-bond donors (Lipinski definition) is 0.